The first kappa shape index (κ1) is 8.80. The molecule has 2 rings (SSSR count). The highest BCUT2D eigenvalue weighted by Crippen LogP contribution is 2.36. The Bertz CT molecular complexity index is 250. The monoisotopic (exact) mass is 174 g/mol. The molecule has 1 aromatic carbocycles. The van der Waals surface area contributed by atoms with E-state index in [0.717, 1.165) is 11.8 Å². The summed E-state index contributed by atoms with van der Waals surface area (Å²) < 4.78 is 0. The maximum Gasteiger partial charge on any atom is -0.0136 e. The minimum absolute atomic E-state index is 0.829. The van der Waals surface area contributed by atoms with Crippen LogP contribution in [0.25, 0.3) is 0 Å². The Morgan fingerprint density at radius 1 is 1.00 bits per heavy atom. The minimum Gasteiger partial charge on any atom is -0.0622 e. The van der Waals surface area contributed by atoms with Crippen LogP contribution in [0.5, 0.6) is 0 Å². The van der Waals surface area contributed by atoms with Crippen LogP contribution in [0.3, 0.4) is 0 Å². The number of hydrogen-bond acceptors (Lipinski definition) is 0. The van der Waals surface area contributed by atoms with E-state index in [2.05, 4.69) is 37.3 Å². The second kappa shape index (κ2) is 3.95. The molecule has 0 aromatic heterocycles. The van der Waals surface area contributed by atoms with Crippen LogP contribution < -0.4 is 0 Å². The summed E-state index contributed by atoms with van der Waals surface area (Å²) >= 11 is 0. The molecule has 13 heavy (non-hydrogen) atoms. The summed E-state index contributed by atoms with van der Waals surface area (Å²) in [6.45, 7) is 2.40. The third kappa shape index (κ3) is 1.93. The summed E-state index contributed by atoms with van der Waals surface area (Å²) in [7, 11) is 0. The van der Waals surface area contributed by atoms with Gasteiger partial charge in [-0.05, 0) is 23.8 Å². The highest BCUT2D eigenvalue weighted by molar-refractivity contribution is 5.20. The molecule has 0 N–H and O–H groups in total. The fourth-order valence-electron chi connectivity index (χ4n) is 2.51. The van der Waals surface area contributed by atoms with Crippen molar-refractivity contribution in [2.45, 2.75) is 38.5 Å². The molecule has 1 saturated carbocycles. The molecular weight excluding hydrogens is 156 g/mol. The third-order valence-corrected chi connectivity index (χ3v) is 3.34. The summed E-state index contributed by atoms with van der Waals surface area (Å²) in [4.78, 5) is 0. The molecule has 1 aliphatic rings. The van der Waals surface area contributed by atoms with E-state index in [1.807, 2.05) is 0 Å². The lowest BCUT2D eigenvalue weighted by molar-refractivity contribution is 0.330. The predicted molar refractivity (Wildman–Crippen MR) is 56.8 cm³/mol. The van der Waals surface area contributed by atoms with E-state index in [0.29, 0.717) is 0 Å². The predicted octanol–water partition coefficient (Wildman–Crippen LogP) is 3.98. The maximum atomic E-state index is 2.40. The zero-order chi connectivity index (χ0) is 9.10. The molecule has 0 heterocycles. The molecular formula is C13H18. The maximum absolute atomic E-state index is 2.40. The van der Waals surface area contributed by atoms with Gasteiger partial charge in [-0.1, -0.05) is 56.5 Å². The van der Waals surface area contributed by atoms with Gasteiger partial charge in [0.15, 0.2) is 0 Å². The number of rotatable bonds is 1. The van der Waals surface area contributed by atoms with E-state index in [1.54, 1.807) is 5.56 Å². The van der Waals surface area contributed by atoms with Gasteiger partial charge in [-0.3, -0.25) is 0 Å². The molecule has 0 spiro atoms. The smallest absolute Gasteiger partial charge is 0.0136 e. The van der Waals surface area contributed by atoms with Crippen molar-refractivity contribution in [3.8, 4) is 0 Å². The molecule has 2 atom stereocenters. The Balaban J connectivity index is 2.15. The SMILES string of the molecule is C[C@@H]1CCCC[C@@H]1c1ccccc1. The Labute approximate surface area is 81.0 Å². The molecule has 1 aliphatic carbocycles. The van der Waals surface area contributed by atoms with E-state index in [-0.39, 0.29) is 0 Å². The van der Waals surface area contributed by atoms with Crippen LogP contribution in [0, 0.1) is 5.92 Å². The molecule has 0 nitrogen and oxygen atoms in total. The zero-order valence-electron chi connectivity index (χ0n) is 8.37. The molecule has 1 aromatic rings. The molecule has 0 unspecified atom stereocenters. The van der Waals surface area contributed by atoms with Crippen molar-refractivity contribution in [1.29, 1.82) is 0 Å². The molecule has 0 aliphatic heterocycles. The Hall–Kier alpha value is -0.780. The van der Waals surface area contributed by atoms with Gasteiger partial charge in [0.2, 0.25) is 0 Å². The molecule has 70 valence electrons. The lowest BCUT2D eigenvalue weighted by Crippen LogP contribution is -2.14. The highest BCUT2D eigenvalue weighted by Gasteiger charge is 2.22. The van der Waals surface area contributed by atoms with E-state index in [1.165, 1.54) is 25.7 Å². The average molecular weight is 174 g/mol. The topological polar surface area (TPSA) is 0 Å². The molecule has 0 saturated heterocycles. The standard InChI is InChI=1S/C13H18/c1-11-7-5-6-10-13(11)12-8-3-2-4-9-12/h2-4,8-9,11,13H,5-7,10H2,1H3/t11-,13+/m1/s1. The van der Waals surface area contributed by atoms with Crippen LogP contribution in [-0.4, -0.2) is 0 Å². The normalized spacial score (nSPS) is 28.7. The van der Waals surface area contributed by atoms with Gasteiger partial charge in [0.25, 0.3) is 0 Å². The fourth-order valence-corrected chi connectivity index (χ4v) is 2.51. The fraction of sp³-hybridized carbons (Fsp3) is 0.538. The molecule has 0 radical (unpaired) electrons. The average Bonchev–Trinajstić information content (AvgIpc) is 2.20. The van der Waals surface area contributed by atoms with Crippen molar-refractivity contribution in [2.24, 2.45) is 5.92 Å². The van der Waals surface area contributed by atoms with E-state index in [9.17, 15) is 0 Å². The van der Waals surface area contributed by atoms with Crippen molar-refractivity contribution in [1.82, 2.24) is 0 Å². The molecule has 0 heteroatoms. The van der Waals surface area contributed by atoms with Crippen LogP contribution in [0.2, 0.25) is 0 Å². The van der Waals surface area contributed by atoms with Crippen LogP contribution >= 0.6 is 0 Å². The summed E-state index contributed by atoms with van der Waals surface area (Å²) in [6, 6.07) is 11.0. The van der Waals surface area contributed by atoms with Crippen molar-refractivity contribution >= 4 is 0 Å². The Morgan fingerprint density at radius 2 is 1.69 bits per heavy atom. The number of hydrogen-bond donors (Lipinski definition) is 0. The van der Waals surface area contributed by atoms with Gasteiger partial charge in [0, 0.05) is 0 Å². The molecule has 1 fully saturated rings. The zero-order valence-corrected chi connectivity index (χ0v) is 8.37. The van der Waals surface area contributed by atoms with Crippen molar-refractivity contribution in [3.63, 3.8) is 0 Å². The summed E-state index contributed by atoms with van der Waals surface area (Å²) in [5, 5.41) is 0. The molecule has 0 amide bonds. The van der Waals surface area contributed by atoms with Crippen molar-refractivity contribution in [3.05, 3.63) is 35.9 Å². The first-order chi connectivity index (χ1) is 6.38. The lowest BCUT2D eigenvalue weighted by Gasteiger charge is -2.29. The Morgan fingerprint density at radius 3 is 2.38 bits per heavy atom. The van der Waals surface area contributed by atoms with Crippen LogP contribution in [0.4, 0.5) is 0 Å². The van der Waals surface area contributed by atoms with Crippen molar-refractivity contribution < 1.29 is 0 Å². The van der Waals surface area contributed by atoms with Gasteiger partial charge >= 0.3 is 0 Å². The van der Waals surface area contributed by atoms with Gasteiger partial charge in [0.1, 0.15) is 0 Å². The van der Waals surface area contributed by atoms with E-state index < -0.39 is 0 Å². The van der Waals surface area contributed by atoms with Crippen LogP contribution in [0.15, 0.2) is 30.3 Å². The largest absolute Gasteiger partial charge is 0.0622 e. The lowest BCUT2D eigenvalue weighted by atomic mass is 9.76. The first-order valence-electron chi connectivity index (χ1n) is 5.43. The van der Waals surface area contributed by atoms with Crippen molar-refractivity contribution in [2.75, 3.05) is 0 Å². The van der Waals surface area contributed by atoms with Gasteiger partial charge < -0.3 is 0 Å². The highest BCUT2D eigenvalue weighted by atomic mass is 14.3. The van der Waals surface area contributed by atoms with E-state index in [4.69, 9.17) is 0 Å². The number of benzene rings is 1. The second-order valence-corrected chi connectivity index (χ2v) is 4.28. The van der Waals surface area contributed by atoms with Gasteiger partial charge in [-0.15, -0.1) is 0 Å². The van der Waals surface area contributed by atoms with Gasteiger partial charge in [0.05, 0.1) is 0 Å². The molecule has 0 bridgehead atoms. The first-order valence-corrected chi connectivity index (χ1v) is 5.43. The minimum atomic E-state index is 0.829. The second-order valence-electron chi connectivity index (χ2n) is 4.28. The summed E-state index contributed by atoms with van der Waals surface area (Å²) in [5.41, 5.74) is 1.55. The summed E-state index contributed by atoms with van der Waals surface area (Å²) in [6.07, 6.45) is 5.67. The van der Waals surface area contributed by atoms with E-state index >= 15 is 0 Å². The third-order valence-electron chi connectivity index (χ3n) is 3.34. The van der Waals surface area contributed by atoms with Gasteiger partial charge in [-0.25, -0.2) is 0 Å². The van der Waals surface area contributed by atoms with Crippen LogP contribution in [-0.2, 0) is 0 Å². The summed E-state index contributed by atoms with van der Waals surface area (Å²) in [5.74, 6) is 1.71. The quantitative estimate of drug-likeness (QED) is 0.604. The van der Waals surface area contributed by atoms with Gasteiger partial charge in [-0.2, -0.15) is 0 Å². The Kier molecular flexibility index (Phi) is 2.68. The van der Waals surface area contributed by atoms with Crippen LogP contribution in [0.1, 0.15) is 44.1 Å².